The molecule has 0 aromatic heterocycles. The molecule has 0 spiro atoms. The van der Waals surface area contributed by atoms with Gasteiger partial charge in [-0.25, -0.2) is 5.84 Å². The number of nitrogens with two attached hydrogens (primary N) is 1. The van der Waals surface area contributed by atoms with E-state index in [2.05, 4.69) is 10.3 Å². The highest BCUT2D eigenvalue weighted by molar-refractivity contribution is 4.77. The summed E-state index contributed by atoms with van der Waals surface area (Å²) in [6.45, 7) is 2.35. The van der Waals surface area contributed by atoms with E-state index in [9.17, 15) is 0 Å². The van der Waals surface area contributed by atoms with E-state index >= 15 is 0 Å². The molecule has 0 aliphatic carbocycles. The van der Waals surface area contributed by atoms with Crippen LogP contribution in [0.25, 0.3) is 0 Å². The lowest BCUT2D eigenvalue weighted by Crippen LogP contribution is -2.27. The van der Waals surface area contributed by atoms with Crippen molar-refractivity contribution in [2.45, 2.75) is 13.2 Å². The average Bonchev–Trinajstić information content (AvgIpc) is 1.98. The first-order valence-electron chi connectivity index (χ1n) is 3.71. The zero-order valence-electron chi connectivity index (χ0n) is 7.78. The first-order valence-corrected chi connectivity index (χ1v) is 3.71. The zero-order chi connectivity index (χ0) is 9.40. The number of nitrogens with zero attached hydrogens (tertiary/aromatic N) is 1. The lowest BCUT2D eigenvalue weighted by molar-refractivity contribution is -0.0546. The summed E-state index contributed by atoms with van der Waals surface area (Å²) in [6.07, 6.45) is 3.41. The minimum absolute atomic E-state index is 0.122. The number of nitrogens with one attached hydrogen (secondary N) is 1. The second kappa shape index (κ2) is 7.05. The van der Waals surface area contributed by atoms with Gasteiger partial charge in [0.15, 0.2) is 0 Å². The van der Waals surface area contributed by atoms with Gasteiger partial charge in [0.1, 0.15) is 6.23 Å². The van der Waals surface area contributed by atoms with Gasteiger partial charge in [0.2, 0.25) is 0 Å². The van der Waals surface area contributed by atoms with Gasteiger partial charge in [-0.1, -0.05) is 0 Å². The predicted molar refractivity (Wildman–Crippen MR) is 46.6 cm³/mol. The normalized spacial score (nSPS) is 13.7. The number of rotatable bonds is 6. The Labute approximate surface area is 73.0 Å². The van der Waals surface area contributed by atoms with Crippen LogP contribution in [0.5, 0.6) is 0 Å². The molecule has 0 aliphatic heterocycles. The summed E-state index contributed by atoms with van der Waals surface area (Å²) >= 11 is 0. The lowest BCUT2D eigenvalue weighted by atomic mass is 10.6. The average molecular weight is 175 g/mol. The highest BCUT2D eigenvalue weighted by Crippen LogP contribution is 1.85. The van der Waals surface area contributed by atoms with E-state index in [1.807, 2.05) is 13.0 Å². The molecule has 0 amide bonds. The van der Waals surface area contributed by atoms with E-state index in [4.69, 9.17) is 10.6 Å². The molecular formula is C7H17N3O2. The standard InChI is InChI=1S/C7H17N3O2/c1-7(9-11-3)12-6-4-5-10(2)8/h4-5,7,9H,6,8H2,1-3H3/b5-4-. The smallest absolute Gasteiger partial charge is 0.127 e. The monoisotopic (exact) mass is 175 g/mol. The summed E-state index contributed by atoms with van der Waals surface area (Å²) in [6, 6.07) is 0. The van der Waals surface area contributed by atoms with Crippen LogP contribution in [-0.2, 0) is 9.57 Å². The Morgan fingerprint density at radius 1 is 1.67 bits per heavy atom. The Bertz CT molecular complexity index is 128. The maximum absolute atomic E-state index is 5.32. The highest BCUT2D eigenvalue weighted by Gasteiger charge is 1.95. The fourth-order valence-electron chi connectivity index (χ4n) is 0.609. The molecule has 1 unspecified atom stereocenters. The Hall–Kier alpha value is -0.620. The van der Waals surface area contributed by atoms with Crippen LogP contribution in [-0.4, -0.2) is 32.0 Å². The number of hydroxylamine groups is 1. The molecule has 0 saturated heterocycles. The molecule has 0 aromatic carbocycles. The van der Waals surface area contributed by atoms with Crippen LogP contribution in [0.15, 0.2) is 12.3 Å². The molecule has 5 heteroatoms. The molecule has 1 atom stereocenters. The van der Waals surface area contributed by atoms with E-state index in [0.717, 1.165) is 0 Å². The first-order chi connectivity index (χ1) is 5.66. The summed E-state index contributed by atoms with van der Waals surface area (Å²) in [5.74, 6) is 5.32. The van der Waals surface area contributed by atoms with Crippen LogP contribution >= 0.6 is 0 Å². The molecular weight excluding hydrogens is 158 g/mol. The summed E-state index contributed by atoms with van der Waals surface area (Å²) in [5.41, 5.74) is 2.63. The fraction of sp³-hybridized carbons (Fsp3) is 0.714. The number of hydrazine groups is 1. The first kappa shape index (κ1) is 11.4. The maximum atomic E-state index is 5.32. The molecule has 0 saturated carbocycles. The topological polar surface area (TPSA) is 59.8 Å². The highest BCUT2D eigenvalue weighted by atomic mass is 16.7. The molecule has 0 fully saturated rings. The van der Waals surface area contributed by atoms with E-state index in [0.29, 0.717) is 6.61 Å². The minimum atomic E-state index is -0.122. The molecule has 0 aliphatic rings. The Morgan fingerprint density at radius 2 is 2.33 bits per heavy atom. The van der Waals surface area contributed by atoms with Crippen LogP contribution in [0.2, 0.25) is 0 Å². The summed E-state index contributed by atoms with van der Waals surface area (Å²) in [4.78, 5) is 4.65. The van der Waals surface area contributed by atoms with Gasteiger partial charge < -0.3 is 14.6 Å². The van der Waals surface area contributed by atoms with Crippen LogP contribution in [0.4, 0.5) is 0 Å². The second-order valence-corrected chi connectivity index (χ2v) is 2.35. The Kier molecular flexibility index (Phi) is 6.69. The SMILES string of the molecule is CONC(C)OC/C=C\N(C)N. The van der Waals surface area contributed by atoms with Crippen molar-refractivity contribution >= 4 is 0 Å². The van der Waals surface area contributed by atoms with Gasteiger partial charge in [0, 0.05) is 13.2 Å². The third-order valence-electron chi connectivity index (χ3n) is 1.07. The van der Waals surface area contributed by atoms with E-state index in [1.165, 1.54) is 5.01 Å². The van der Waals surface area contributed by atoms with Crippen molar-refractivity contribution in [2.24, 2.45) is 5.84 Å². The molecule has 3 N–H and O–H groups in total. The van der Waals surface area contributed by atoms with Gasteiger partial charge in [0.05, 0.1) is 13.7 Å². The van der Waals surface area contributed by atoms with Gasteiger partial charge in [0.25, 0.3) is 0 Å². The largest absolute Gasteiger partial charge is 0.357 e. The quantitative estimate of drug-likeness (QED) is 0.333. The van der Waals surface area contributed by atoms with Crippen molar-refractivity contribution in [3.63, 3.8) is 0 Å². The summed E-state index contributed by atoms with van der Waals surface area (Å²) in [5, 5.41) is 1.46. The molecule has 0 radical (unpaired) electrons. The van der Waals surface area contributed by atoms with Crippen molar-refractivity contribution in [1.82, 2.24) is 10.5 Å². The summed E-state index contributed by atoms with van der Waals surface area (Å²) < 4.78 is 5.23. The Balaban J connectivity index is 3.30. The van der Waals surface area contributed by atoms with Gasteiger partial charge >= 0.3 is 0 Å². The number of hydrogen-bond donors (Lipinski definition) is 2. The molecule has 5 nitrogen and oxygen atoms in total. The molecule has 0 heterocycles. The van der Waals surface area contributed by atoms with Crippen LogP contribution in [0, 0.1) is 0 Å². The second-order valence-electron chi connectivity index (χ2n) is 2.35. The van der Waals surface area contributed by atoms with Gasteiger partial charge in [-0.05, 0) is 13.0 Å². The minimum Gasteiger partial charge on any atom is -0.357 e. The van der Waals surface area contributed by atoms with Crippen molar-refractivity contribution < 1.29 is 9.57 Å². The van der Waals surface area contributed by atoms with Crippen molar-refractivity contribution in [1.29, 1.82) is 0 Å². The predicted octanol–water partition coefficient (Wildman–Crippen LogP) is -0.181. The van der Waals surface area contributed by atoms with Gasteiger partial charge in [-0.3, -0.25) is 0 Å². The fourth-order valence-corrected chi connectivity index (χ4v) is 0.609. The molecule has 0 rings (SSSR count). The molecule has 0 aromatic rings. The summed E-state index contributed by atoms with van der Waals surface area (Å²) in [7, 11) is 3.29. The van der Waals surface area contributed by atoms with Crippen molar-refractivity contribution in [3.05, 3.63) is 12.3 Å². The Morgan fingerprint density at radius 3 is 2.83 bits per heavy atom. The van der Waals surface area contributed by atoms with Crippen LogP contribution < -0.4 is 11.3 Å². The molecule has 72 valence electrons. The van der Waals surface area contributed by atoms with Crippen LogP contribution in [0.3, 0.4) is 0 Å². The van der Waals surface area contributed by atoms with E-state index in [1.54, 1.807) is 20.4 Å². The van der Waals surface area contributed by atoms with Gasteiger partial charge in [-0.2, -0.15) is 5.48 Å². The molecule has 12 heavy (non-hydrogen) atoms. The zero-order valence-corrected chi connectivity index (χ0v) is 7.78. The number of hydrogen-bond acceptors (Lipinski definition) is 5. The van der Waals surface area contributed by atoms with Crippen molar-refractivity contribution in [2.75, 3.05) is 20.8 Å². The van der Waals surface area contributed by atoms with E-state index < -0.39 is 0 Å². The lowest BCUT2D eigenvalue weighted by Gasteiger charge is -2.11. The third kappa shape index (κ3) is 7.49. The maximum Gasteiger partial charge on any atom is 0.127 e. The van der Waals surface area contributed by atoms with Crippen LogP contribution in [0.1, 0.15) is 6.92 Å². The third-order valence-corrected chi connectivity index (χ3v) is 1.07. The van der Waals surface area contributed by atoms with E-state index in [-0.39, 0.29) is 6.23 Å². The van der Waals surface area contributed by atoms with Gasteiger partial charge in [-0.15, -0.1) is 0 Å². The number of ether oxygens (including phenoxy) is 1. The van der Waals surface area contributed by atoms with Crippen molar-refractivity contribution in [3.8, 4) is 0 Å². The molecule has 0 bridgehead atoms.